The van der Waals surface area contributed by atoms with Crippen molar-refractivity contribution in [2.75, 3.05) is 24.9 Å². The summed E-state index contributed by atoms with van der Waals surface area (Å²) < 4.78 is 15.3. The summed E-state index contributed by atoms with van der Waals surface area (Å²) >= 11 is 0. The molecule has 2 amide bonds. The number of benzene rings is 1. The van der Waals surface area contributed by atoms with Crippen molar-refractivity contribution in [1.29, 1.82) is 0 Å². The van der Waals surface area contributed by atoms with Gasteiger partial charge >= 0.3 is 0 Å². The molecule has 8 heteroatoms. The van der Waals surface area contributed by atoms with Crippen molar-refractivity contribution >= 4 is 23.3 Å². The van der Waals surface area contributed by atoms with Crippen molar-refractivity contribution in [3.05, 3.63) is 30.0 Å². The average Bonchev–Trinajstić information content (AvgIpc) is 3.33. The Kier molecular flexibility index (Phi) is 4.35. The fourth-order valence-electron chi connectivity index (χ4n) is 2.49. The third kappa shape index (κ3) is 3.28. The minimum absolute atomic E-state index is 0.295. The number of nitrogens with zero attached hydrogens (tertiary/aromatic N) is 1. The Morgan fingerprint density at radius 2 is 1.84 bits per heavy atom. The smallest absolute Gasteiger partial charge is 0.241 e. The predicted molar refractivity (Wildman–Crippen MR) is 89.7 cm³/mol. The summed E-state index contributed by atoms with van der Waals surface area (Å²) in [5, 5.41) is 9.10. The third-order valence-corrected chi connectivity index (χ3v) is 4.15. The normalized spacial score (nSPS) is 14.5. The number of carbonyl (C=O) groups is 2. The first-order valence-electron chi connectivity index (χ1n) is 7.77. The van der Waals surface area contributed by atoms with Gasteiger partial charge in [-0.05, 0) is 31.9 Å². The van der Waals surface area contributed by atoms with Crippen LogP contribution in [0.1, 0.15) is 18.6 Å². The van der Waals surface area contributed by atoms with Gasteiger partial charge in [0, 0.05) is 12.1 Å². The van der Waals surface area contributed by atoms with Crippen LogP contribution in [-0.2, 0) is 9.59 Å². The van der Waals surface area contributed by atoms with E-state index in [0.29, 0.717) is 41.6 Å². The van der Waals surface area contributed by atoms with Gasteiger partial charge < -0.3 is 24.6 Å². The molecule has 2 aromatic rings. The lowest BCUT2D eigenvalue weighted by molar-refractivity contribution is -0.131. The molecule has 1 fully saturated rings. The molecule has 0 atom stereocenters. The van der Waals surface area contributed by atoms with E-state index in [1.54, 1.807) is 38.3 Å². The molecule has 2 N–H and O–H groups in total. The van der Waals surface area contributed by atoms with Gasteiger partial charge in [-0.25, -0.2) is 0 Å². The van der Waals surface area contributed by atoms with Crippen LogP contribution >= 0.6 is 0 Å². The van der Waals surface area contributed by atoms with Crippen LogP contribution in [0.25, 0.3) is 0 Å². The molecular weight excluding hydrogens is 326 g/mol. The number of anilines is 2. The summed E-state index contributed by atoms with van der Waals surface area (Å²) in [5.41, 5.74) is -0.623. The molecule has 25 heavy (non-hydrogen) atoms. The van der Waals surface area contributed by atoms with Gasteiger partial charge in [-0.15, -0.1) is 0 Å². The van der Waals surface area contributed by atoms with E-state index in [9.17, 15) is 9.59 Å². The summed E-state index contributed by atoms with van der Waals surface area (Å²) in [6, 6.07) is 6.63. The van der Waals surface area contributed by atoms with Crippen LogP contribution in [0.3, 0.4) is 0 Å². The fraction of sp³-hybridized carbons (Fsp3) is 0.353. The molecular formula is C17H19N3O5. The lowest BCUT2D eigenvalue weighted by atomic mass is 10.0. The van der Waals surface area contributed by atoms with Crippen molar-refractivity contribution in [2.45, 2.75) is 19.8 Å². The summed E-state index contributed by atoms with van der Waals surface area (Å²) in [6.45, 7) is 1.72. The average molecular weight is 345 g/mol. The van der Waals surface area contributed by atoms with E-state index < -0.39 is 11.3 Å². The van der Waals surface area contributed by atoms with E-state index in [4.69, 9.17) is 14.0 Å². The lowest BCUT2D eigenvalue weighted by Crippen LogP contribution is -2.35. The first-order chi connectivity index (χ1) is 12.0. The molecule has 0 saturated heterocycles. The molecule has 1 heterocycles. The summed E-state index contributed by atoms with van der Waals surface area (Å²) in [4.78, 5) is 25.1. The van der Waals surface area contributed by atoms with Gasteiger partial charge in [0.1, 0.15) is 22.7 Å². The minimum atomic E-state index is -1.10. The number of amides is 2. The second-order valence-electron chi connectivity index (χ2n) is 5.88. The monoisotopic (exact) mass is 345 g/mol. The second kappa shape index (κ2) is 6.46. The summed E-state index contributed by atoms with van der Waals surface area (Å²) in [6.07, 6.45) is 0.944. The zero-order valence-corrected chi connectivity index (χ0v) is 14.2. The van der Waals surface area contributed by atoms with Crippen LogP contribution in [0.4, 0.5) is 11.5 Å². The van der Waals surface area contributed by atoms with Crippen LogP contribution in [0, 0.1) is 12.3 Å². The second-order valence-corrected chi connectivity index (χ2v) is 5.88. The molecule has 0 aliphatic heterocycles. The highest BCUT2D eigenvalue weighted by atomic mass is 16.5. The van der Waals surface area contributed by atoms with Crippen LogP contribution < -0.4 is 20.1 Å². The molecule has 1 aromatic carbocycles. The topological polar surface area (TPSA) is 103 Å². The molecule has 1 aromatic heterocycles. The highest BCUT2D eigenvalue weighted by Gasteiger charge is 2.56. The molecule has 1 aliphatic rings. The van der Waals surface area contributed by atoms with Crippen molar-refractivity contribution in [1.82, 2.24) is 5.16 Å². The van der Waals surface area contributed by atoms with Gasteiger partial charge in [-0.3, -0.25) is 9.59 Å². The predicted octanol–water partition coefficient (Wildman–Crippen LogP) is 2.36. The zero-order chi connectivity index (χ0) is 18.0. The number of carbonyl (C=O) groups excluding carboxylic acids is 2. The first-order valence-corrected chi connectivity index (χ1v) is 7.77. The van der Waals surface area contributed by atoms with Crippen molar-refractivity contribution in [2.24, 2.45) is 5.41 Å². The van der Waals surface area contributed by atoms with Gasteiger partial charge in [-0.2, -0.15) is 0 Å². The Morgan fingerprint density at radius 1 is 1.12 bits per heavy atom. The largest absolute Gasteiger partial charge is 0.497 e. The van der Waals surface area contributed by atoms with E-state index in [-0.39, 0.29) is 5.91 Å². The number of rotatable bonds is 6. The zero-order valence-electron chi connectivity index (χ0n) is 14.2. The maximum Gasteiger partial charge on any atom is 0.241 e. The van der Waals surface area contributed by atoms with Crippen molar-refractivity contribution in [3.8, 4) is 11.5 Å². The highest BCUT2D eigenvalue weighted by molar-refractivity contribution is 6.17. The molecule has 0 spiro atoms. The Balaban J connectivity index is 1.73. The maximum atomic E-state index is 12.7. The SMILES string of the molecule is COc1ccc(NC(=O)C2(C(=O)Nc3cc(C)on3)CC2)c(OC)c1. The molecule has 132 valence electrons. The number of hydrogen-bond donors (Lipinski definition) is 2. The van der Waals surface area contributed by atoms with Gasteiger partial charge in [0.25, 0.3) is 0 Å². The molecule has 1 aliphatic carbocycles. The van der Waals surface area contributed by atoms with E-state index >= 15 is 0 Å². The molecule has 8 nitrogen and oxygen atoms in total. The van der Waals surface area contributed by atoms with Crippen molar-refractivity contribution < 1.29 is 23.6 Å². The van der Waals surface area contributed by atoms with Gasteiger partial charge in [0.05, 0.1) is 19.9 Å². The highest BCUT2D eigenvalue weighted by Crippen LogP contribution is 2.48. The van der Waals surface area contributed by atoms with E-state index in [0.717, 1.165) is 0 Å². The van der Waals surface area contributed by atoms with Gasteiger partial charge in [0.15, 0.2) is 5.82 Å². The van der Waals surface area contributed by atoms with Crippen LogP contribution in [0.15, 0.2) is 28.8 Å². The first kappa shape index (κ1) is 16.8. The quantitative estimate of drug-likeness (QED) is 0.779. The Morgan fingerprint density at radius 3 is 2.40 bits per heavy atom. The molecule has 0 bridgehead atoms. The van der Waals surface area contributed by atoms with Gasteiger partial charge in [0.2, 0.25) is 11.8 Å². The maximum absolute atomic E-state index is 12.7. The fourth-order valence-corrected chi connectivity index (χ4v) is 2.49. The van der Waals surface area contributed by atoms with E-state index in [2.05, 4.69) is 15.8 Å². The van der Waals surface area contributed by atoms with Crippen molar-refractivity contribution in [3.63, 3.8) is 0 Å². The number of nitrogens with one attached hydrogen (secondary N) is 2. The minimum Gasteiger partial charge on any atom is -0.497 e. The third-order valence-electron chi connectivity index (χ3n) is 4.15. The lowest BCUT2D eigenvalue weighted by Gasteiger charge is -2.16. The number of hydrogen-bond acceptors (Lipinski definition) is 6. The summed E-state index contributed by atoms with van der Waals surface area (Å²) in [5.74, 6) is 1.15. The number of ether oxygens (including phenoxy) is 2. The summed E-state index contributed by atoms with van der Waals surface area (Å²) in [7, 11) is 3.04. The Labute approximate surface area is 144 Å². The standard InChI is InChI=1S/C17H19N3O5/c1-10-8-14(20-25-10)19-16(22)17(6-7-17)15(21)18-12-5-4-11(23-2)9-13(12)24-3/h4-5,8-9H,6-7H2,1-3H3,(H,18,21)(H,19,20,22). The molecule has 1 saturated carbocycles. The molecule has 0 unspecified atom stereocenters. The Hall–Kier alpha value is -3.03. The van der Waals surface area contributed by atoms with E-state index in [1.165, 1.54) is 7.11 Å². The molecule has 3 rings (SSSR count). The van der Waals surface area contributed by atoms with Crippen LogP contribution in [0.5, 0.6) is 11.5 Å². The van der Waals surface area contributed by atoms with Crippen LogP contribution in [0.2, 0.25) is 0 Å². The molecule has 0 radical (unpaired) electrons. The Bertz CT molecular complexity index is 810. The van der Waals surface area contributed by atoms with Gasteiger partial charge in [-0.1, -0.05) is 5.16 Å². The van der Waals surface area contributed by atoms with Crippen LogP contribution in [-0.4, -0.2) is 31.2 Å². The number of methoxy groups -OCH3 is 2. The van der Waals surface area contributed by atoms with E-state index in [1.807, 2.05) is 0 Å². The number of aromatic nitrogens is 1. The number of aryl methyl sites for hydroxylation is 1.